The average molecular weight is 275 g/mol. The van der Waals surface area contributed by atoms with E-state index in [0.29, 0.717) is 18.9 Å². The van der Waals surface area contributed by atoms with Crippen LogP contribution in [0.3, 0.4) is 0 Å². The molecule has 0 unspecified atom stereocenters. The predicted octanol–water partition coefficient (Wildman–Crippen LogP) is 0.566. The van der Waals surface area contributed by atoms with E-state index < -0.39 is 4.92 Å². The molecule has 0 amide bonds. The lowest BCUT2D eigenvalue weighted by Crippen LogP contribution is -2.29. The van der Waals surface area contributed by atoms with Crippen LogP contribution in [0.4, 0.5) is 0 Å². The second-order valence-electron chi connectivity index (χ2n) is 4.25. The van der Waals surface area contributed by atoms with E-state index in [2.05, 4.69) is 10.6 Å². The fourth-order valence-electron chi connectivity index (χ4n) is 1.53. The summed E-state index contributed by atoms with van der Waals surface area (Å²) in [5, 5.41) is 33.7. The van der Waals surface area contributed by atoms with E-state index in [1.807, 2.05) is 0 Å². The van der Waals surface area contributed by atoms with Crippen LogP contribution in [0.25, 0.3) is 0 Å². The Morgan fingerprint density at radius 3 is 1.79 bits per heavy atom. The summed E-state index contributed by atoms with van der Waals surface area (Å²) in [6, 6.07) is 0. The van der Waals surface area contributed by atoms with Crippen LogP contribution in [0.15, 0.2) is 12.0 Å². The van der Waals surface area contributed by atoms with E-state index >= 15 is 0 Å². The molecule has 7 nitrogen and oxygen atoms in total. The zero-order chi connectivity index (χ0) is 14.3. The van der Waals surface area contributed by atoms with Crippen molar-refractivity contribution in [1.82, 2.24) is 10.6 Å². The molecule has 0 saturated heterocycles. The first kappa shape index (κ1) is 17.7. The van der Waals surface area contributed by atoms with Crippen molar-refractivity contribution in [2.45, 2.75) is 38.5 Å². The SMILES string of the molecule is O=[N+]([O-])C=C(NCCCCCO)NCCCCCO. The Labute approximate surface area is 113 Å². The number of nitro groups is 1. The number of hydrogen-bond acceptors (Lipinski definition) is 6. The average Bonchev–Trinajstić information content (AvgIpc) is 2.37. The van der Waals surface area contributed by atoms with Crippen LogP contribution in [0.5, 0.6) is 0 Å². The number of rotatable bonds is 13. The lowest BCUT2D eigenvalue weighted by molar-refractivity contribution is -0.404. The molecule has 19 heavy (non-hydrogen) atoms. The van der Waals surface area contributed by atoms with Gasteiger partial charge in [0.25, 0.3) is 6.20 Å². The molecule has 0 fully saturated rings. The van der Waals surface area contributed by atoms with Crippen molar-refractivity contribution in [2.24, 2.45) is 0 Å². The van der Waals surface area contributed by atoms with Crippen LogP contribution in [0.1, 0.15) is 38.5 Å². The number of nitrogens with zero attached hydrogens (tertiary/aromatic N) is 1. The first-order valence-corrected chi connectivity index (χ1v) is 6.75. The van der Waals surface area contributed by atoms with Crippen molar-refractivity contribution >= 4 is 0 Å². The predicted molar refractivity (Wildman–Crippen MR) is 73.0 cm³/mol. The van der Waals surface area contributed by atoms with Crippen molar-refractivity contribution in [2.75, 3.05) is 26.3 Å². The molecule has 0 bridgehead atoms. The van der Waals surface area contributed by atoms with Crippen LogP contribution in [-0.4, -0.2) is 41.4 Å². The van der Waals surface area contributed by atoms with Crippen LogP contribution in [0.2, 0.25) is 0 Å². The topological polar surface area (TPSA) is 108 Å². The van der Waals surface area contributed by atoms with Crippen LogP contribution < -0.4 is 10.6 Å². The molecular weight excluding hydrogens is 250 g/mol. The highest BCUT2D eigenvalue weighted by molar-refractivity contribution is 4.91. The molecule has 0 aliphatic heterocycles. The maximum Gasteiger partial charge on any atom is 0.274 e. The first-order valence-electron chi connectivity index (χ1n) is 6.75. The molecule has 0 aliphatic rings. The molecule has 0 atom stereocenters. The van der Waals surface area contributed by atoms with Gasteiger partial charge < -0.3 is 20.8 Å². The van der Waals surface area contributed by atoms with Crippen molar-refractivity contribution in [3.63, 3.8) is 0 Å². The maximum atomic E-state index is 10.5. The smallest absolute Gasteiger partial charge is 0.274 e. The van der Waals surface area contributed by atoms with Gasteiger partial charge in [-0.2, -0.15) is 0 Å². The van der Waals surface area contributed by atoms with E-state index in [1.54, 1.807) is 0 Å². The normalized spacial score (nSPS) is 10.0. The molecule has 0 aliphatic carbocycles. The van der Waals surface area contributed by atoms with Gasteiger partial charge in [0.15, 0.2) is 5.82 Å². The van der Waals surface area contributed by atoms with Crippen molar-refractivity contribution < 1.29 is 15.1 Å². The fraction of sp³-hybridized carbons (Fsp3) is 0.833. The fourth-order valence-corrected chi connectivity index (χ4v) is 1.53. The molecule has 7 heteroatoms. The largest absolute Gasteiger partial charge is 0.396 e. The summed E-state index contributed by atoms with van der Waals surface area (Å²) < 4.78 is 0. The summed E-state index contributed by atoms with van der Waals surface area (Å²) in [7, 11) is 0. The minimum absolute atomic E-state index is 0.181. The Morgan fingerprint density at radius 2 is 1.42 bits per heavy atom. The van der Waals surface area contributed by atoms with Gasteiger partial charge in [-0.1, -0.05) is 0 Å². The maximum absolute atomic E-state index is 10.5. The second-order valence-corrected chi connectivity index (χ2v) is 4.25. The van der Waals surface area contributed by atoms with Gasteiger partial charge in [0.1, 0.15) is 0 Å². The molecule has 0 aromatic heterocycles. The van der Waals surface area contributed by atoms with Gasteiger partial charge in [0.2, 0.25) is 0 Å². The molecule has 0 saturated carbocycles. The highest BCUT2D eigenvalue weighted by atomic mass is 16.6. The van der Waals surface area contributed by atoms with E-state index in [1.165, 1.54) is 0 Å². The summed E-state index contributed by atoms with van der Waals surface area (Å²) in [6.45, 7) is 1.65. The molecular formula is C12H25N3O4. The third kappa shape index (κ3) is 12.9. The molecule has 4 N–H and O–H groups in total. The number of aliphatic hydroxyl groups excluding tert-OH is 2. The van der Waals surface area contributed by atoms with Crippen molar-refractivity contribution in [3.05, 3.63) is 22.1 Å². The highest BCUT2D eigenvalue weighted by Gasteiger charge is 2.01. The summed E-state index contributed by atoms with van der Waals surface area (Å²) in [5.74, 6) is 0.415. The quantitative estimate of drug-likeness (QED) is 0.222. The molecule has 0 heterocycles. The third-order valence-electron chi connectivity index (χ3n) is 2.54. The Bertz CT molecular complexity index is 243. The summed E-state index contributed by atoms with van der Waals surface area (Å²) in [5.41, 5.74) is 0. The third-order valence-corrected chi connectivity index (χ3v) is 2.54. The summed E-state index contributed by atoms with van der Waals surface area (Å²) >= 11 is 0. The molecule has 0 aromatic carbocycles. The van der Waals surface area contributed by atoms with Crippen LogP contribution >= 0.6 is 0 Å². The van der Waals surface area contributed by atoms with E-state index in [-0.39, 0.29) is 13.2 Å². The Hall–Kier alpha value is -1.34. The zero-order valence-electron chi connectivity index (χ0n) is 11.3. The zero-order valence-corrected chi connectivity index (χ0v) is 11.3. The van der Waals surface area contributed by atoms with Crippen LogP contribution in [0, 0.1) is 10.1 Å². The van der Waals surface area contributed by atoms with Gasteiger partial charge in [-0.25, -0.2) is 0 Å². The van der Waals surface area contributed by atoms with E-state index in [4.69, 9.17) is 10.2 Å². The molecule has 112 valence electrons. The van der Waals surface area contributed by atoms with Gasteiger partial charge in [-0.15, -0.1) is 0 Å². The molecule has 0 rings (SSSR count). The van der Waals surface area contributed by atoms with Gasteiger partial charge in [0, 0.05) is 26.3 Å². The van der Waals surface area contributed by atoms with Gasteiger partial charge >= 0.3 is 0 Å². The van der Waals surface area contributed by atoms with Gasteiger partial charge in [-0.05, 0) is 38.5 Å². The highest BCUT2D eigenvalue weighted by Crippen LogP contribution is 1.96. The second kappa shape index (κ2) is 13.1. The van der Waals surface area contributed by atoms with Gasteiger partial charge in [-0.3, -0.25) is 10.1 Å². The Morgan fingerprint density at radius 1 is 0.947 bits per heavy atom. The summed E-state index contributed by atoms with van der Waals surface area (Å²) in [6.07, 6.45) is 5.95. The Balaban J connectivity index is 3.80. The van der Waals surface area contributed by atoms with Crippen LogP contribution in [-0.2, 0) is 0 Å². The number of unbranched alkanes of at least 4 members (excludes halogenated alkanes) is 4. The minimum Gasteiger partial charge on any atom is -0.396 e. The Kier molecular flexibility index (Phi) is 12.2. The summed E-state index contributed by atoms with van der Waals surface area (Å²) in [4.78, 5) is 9.97. The molecule has 0 spiro atoms. The standard InChI is InChI=1S/C12H25N3O4/c16-9-5-1-3-7-13-12(11-15(18)19)14-8-4-2-6-10-17/h11,13-14,16-17H,1-10H2. The lowest BCUT2D eigenvalue weighted by Gasteiger charge is -2.11. The number of nitrogens with one attached hydrogen (secondary N) is 2. The van der Waals surface area contributed by atoms with E-state index in [0.717, 1.165) is 44.7 Å². The number of aliphatic hydroxyl groups is 2. The molecule has 0 aromatic rings. The van der Waals surface area contributed by atoms with Crippen molar-refractivity contribution in [3.8, 4) is 0 Å². The minimum atomic E-state index is -0.489. The monoisotopic (exact) mass is 275 g/mol. The van der Waals surface area contributed by atoms with Gasteiger partial charge in [0.05, 0.1) is 4.92 Å². The van der Waals surface area contributed by atoms with E-state index in [9.17, 15) is 10.1 Å². The molecule has 0 radical (unpaired) electrons. The van der Waals surface area contributed by atoms with Crippen molar-refractivity contribution in [1.29, 1.82) is 0 Å². The first-order chi connectivity index (χ1) is 9.20. The lowest BCUT2D eigenvalue weighted by atomic mass is 10.2. The number of hydrogen-bond donors (Lipinski definition) is 4.